The second-order valence-electron chi connectivity index (χ2n) is 8.96. The number of aryl methyl sites for hydroxylation is 2. The van der Waals surface area contributed by atoms with E-state index in [2.05, 4.69) is 12.2 Å². The number of thiazole rings is 1. The lowest BCUT2D eigenvalue weighted by Crippen LogP contribution is -2.26. The van der Waals surface area contributed by atoms with Crippen LogP contribution in [0.4, 0.5) is 5.69 Å². The predicted octanol–water partition coefficient (Wildman–Crippen LogP) is 7.56. The van der Waals surface area contributed by atoms with Gasteiger partial charge < -0.3 is 10.4 Å². The molecule has 2 N–H and O–H groups in total. The first-order valence-corrected chi connectivity index (χ1v) is 13.3. The van der Waals surface area contributed by atoms with Crippen molar-refractivity contribution in [2.75, 3.05) is 5.32 Å². The lowest BCUT2D eigenvalue weighted by molar-refractivity contribution is -0.138. The van der Waals surface area contributed by atoms with Crippen LogP contribution >= 0.6 is 23.1 Å². The van der Waals surface area contributed by atoms with Crippen LogP contribution in [0.15, 0.2) is 77.7 Å². The lowest BCUT2D eigenvalue weighted by Gasteiger charge is -2.19. The number of hydrogen-bond acceptors (Lipinski definition) is 5. The number of anilines is 1. The quantitative estimate of drug-likeness (QED) is 0.236. The summed E-state index contributed by atoms with van der Waals surface area (Å²) in [5, 5.41) is 13.2. The summed E-state index contributed by atoms with van der Waals surface area (Å²) in [6.07, 6.45) is 0.937. The van der Waals surface area contributed by atoms with Gasteiger partial charge >= 0.3 is 5.97 Å². The third kappa shape index (κ3) is 5.69. The minimum Gasteiger partial charge on any atom is -0.480 e. The maximum atomic E-state index is 13.3. The topological polar surface area (TPSA) is 79.3 Å². The number of hydrogen-bond donors (Lipinski definition) is 2. The van der Waals surface area contributed by atoms with Gasteiger partial charge in [-0.2, -0.15) is 0 Å². The van der Waals surface area contributed by atoms with Crippen LogP contribution in [0.1, 0.15) is 42.4 Å². The monoisotopic (exact) mass is 516 g/mol. The zero-order valence-electron chi connectivity index (χ0n) is 20.7. The number of aromatic nitrogens is 1. The van der Waals surface area contributed by atoms with Gasteiger partial charge in [-0.25, -0.2) is 4.98 Å². The van der Waals surface area contributed by atoms with Gasteiger partial charge in [0.2, 0.25) is 0 Å². The van der Waals surface area contributed by atoms with Crippen molar-refractivity contribution in [1.29, 1.82) is 0 Å². The summed E-state index contributed by atoms with van der Waals surface area (Å²) in [6.45, 7) is 7.45. The van der Waals surface area contributed by atoms with Gasteiger partial charge in [-0.05, 0) is 68.1 Å². The van der Waals surface area contributed by atoms with E-state index in [1.165, 1.54) is 28.7 Å². The van der Waals surface area contributed by atoms with E-state index in [1.807, 2.05) is 79.7 Å². The Labute approximate surface area is 219 Å². The Bertz CT molecular complexity index is 1390. The molecule has 0 saturated heterocycles. The number of aliphatic carboxylic acids is 1. The van der Waals surface area contributed by atoms with E-state index in [-0.39, 0.29) is 5.91 Å². The van der Waals surface area contributed by atoms with Crippen LogP contribution in [-0.2, 0) is 11.2 Å². The zero-order valence-corrected chi connectivity index (χ0v) is 22.3. The van der Waals surface area contributed by atoms with Crippen LogP contribution in [0.25, 0.3) is 21.0 Å². The summed E-state index contributed by atoms with van der Waals surface area (Å²) in [7, 11) is 0. The highest BCUT2D eigenvalue weighted by atomic mass is 32.2. The fourth-order valence-corrected chi connectivity index (χ4v) is 5.87. The summed E-state index contributed by atoms with van der Waals surface area (Å²) < 4.78 is -0.934. The van der Waals surface area contributed by atoms with Crippen LogP contribution in [0, 0.1) is 6.92 Å². The Kier molecular flexibility index (Phi) is 7.62. The van der Waals surface area contributed by atoms with Gasteiger partial charge in [-0.3, -0.25) is 9.59 Å². The molecule has 0 fully saturated rings. The van der Waals surface area contributed by atoms with Crippen LogP contribution in [0.5, 0.6) is 0 Å². The summed E-state index contributed by atoms with van der Waals surface area (Å²) >= 11 is 2.78. The minimum absolute atomic E-state index is 0.256. The first kappa shape index (κ1) is 25.7. The van der Waals surface area contributed by atoms with Crippen LogP contribution < -0.4 is 5.32 Å². The highest BCUT2D eigenvalue weighted by Gasteiger charge is 2.29. The van der Waals surface area contributed by atoms with E-state index < -0.39 is 10.7 Å². The number of amides is 1. The fraction of sp³-hybridized carbons (Fsp3) is 0.207. The highest BCUT2D eigenvalue weighted by Crippen LogP contribution is 2.39. The van der Waals surface area contributed by atoms with Crippen molar-refractivity contribution in [2.24, 2.45) is 0 Å². The van der Waals surface area contributed by atoms with Crippen molar-refractivity contribution in [2.45, 2.75) is 43.8 Å². The number of carboxylic acid groups (broad SMARTS) is 1. The molecule has 0 aliphatic rings. The minimum atomic E-state index is -0.934. The van der Waals surface area contributed by atoms with Gasteiger partial charge in [0.1, 0.15) is 15.4 Å². The molecule has 1 heterocycles. The summed E-state index contributed by atoms with van der Waals surface area (Å²) in [6, 6.07) is 23.5. The normalized spacial score (nSPS) is 11.3. The molecule has 0 saturated carbocycles. The molecule has 184 valence electrons. The Morgan fingerprint density at radius 1 is 1.03 bits per heavy atom. The molecule has 0 unspecified atom stereocenters. The molecule has 0 spiro atoms. The number of carbonyl (C=O) groups is 2. The van der Waals surface area contributed by atoms with Crippen LogP contribution in [-0.4, -0.2) is 26.7 Å². The van der Waals surface area contributed by atoms with Gasteiger partial charge in [0.05, 0.1) is 4.88 Å². The van der Waals surface area contributed by atoms with Crippen LogP contribution in [0.3, 0.4) is 0 Å². The molecule has 5 nitrogen and oxygen atoms in total. The molecule has 4 aromatic rings. The molecule has 0 aliphatic carbocycles. The maximum absolute atomic E-state index is 13.3. The third-order valence-electron chi connectivity index (χ3n) is 5.81. The number of nitrogens with zero attached hydrogens (tertiary/aromatic N) is 1. The van der Waals surface area contributed by atoms with E-state index in [0.29, 0.717) is 5.69 Å². The predicted molar refractivity (Wildman–Crippen MR) is 149 cm³/mol. The molecule has 0 bridgehead atoms. The number of carboxylic acids is 1. The molecular weight excluding hydrogens is 488 g/mol. The lowest BCUT2D eigenvalue weighted by atomic mass is 10.1. The number of nitrogens with one attached hydrogen (secondary N) is 1. The van der Waals surface area contributed by atoms with Gasteiger partial charge in [0.15, 0.2) is 0 Å². The van der Waals surface area contributed by atoms with Crippen LogP contribution in [0.2, 0.25) is 0 Å². The Morgan fingerprint density at radius 3 is 2.33 bits per heavy atom. The molecule has 1 amide bonds. The summed E-state index contributed by atoms with van der Waals surface area (Å²) in [5.74, 6) is -1.12. The average Bonchev–Trinajstić information content (AvgIpc) is 3.30. The van der Waals surface area contributed by atoms with Crippen molar-refractivity contribution in [1.82, 2.24) is 4.98 Å². The van der Waals surface area contributed by atoms with Gasteiger partial charge in [-0.15, -0.1) is 23.1 Å². The highest BCUT2D eigenvalue weighted by molar-refractivity contribution is 8.01. The molecule has 0 aliphatic heterocycles. The van der Waals surface area contributed by atoms with Gasteiger partial charge in [0.25, 0.3) is 5.91 Å². The largest absolute Gasteiger partial charge is 0.480 e. The molecule has 3 aromatic carbocycles. The van der Waals surface area contributed by atoms with E-state index in [9.17, 15) is 14.7 Å². The van der Waals surface area contributed by atoms with E-state index in [1.54, 1.807) is 13.8 Å². The summed E-state index contributed by atoms with van der Waals surface area (Å²) in [4.78, 5) is 31.3. The standard InChI is InChI=1S/C29H28N2O3S2/c1-5-19-11-13-21(14-12-19)30-26(32)24-25(20-9-7-6-8-10-20)35-27(31-24)23-16-15-22(17-18(23)2)36-29(3,4)28(33)34/h6-17H,5H2,1-4H3,(H,30,32)(H,33,34). The Hall–Kier alpha value is -3.42. The molecule has 0 atom stereocenters. The smallest absolute Gasteiger partial charge is 0.319 e. The van der Waals surface area contributed by atoms with E-state index >= 15 is 0 Å². The Balaban J connectivity index is 1.69. The second kappa shape index (κ2) is 10.7. The van der Waals surface area contributed by atoms with Crippen molar-refractivity contribution in [3.8, 4) is 21.0 Å². The van der Waals surface area contributed by atoms with Crippen molar-refractivity contribution >= 4 is 40.7 Å². The van der Waals surface area contributed by atoms with Crippen molar-refractivity contribution < 1.29 is 14.7 Å². The maximum Gasteiger partial charge on any atom is 0.319 e. The van der Waals surface area contributed by atoms with Crippen molar-refractivity contribution in [3.63, 3.8) is 0 Å². The van der Waals surface area contributed by atoms with Crippen molar-refractivity contribution in [3.05, 3.63) is 89.6 Å². The molecule has 0 radical (unpaired) electrons. The first-order valence-electron chi connectivity index (χ1n) is 11.7. The van der Waals surface area contributed by atoms with Gasteiger partial charge in [0, 0.05) is 16.1 Å². The number of rotatable bonds is 8. The third-order valence-corrected chi connectivity index (χ3v) is 8.13. The molecule has 7 heteroatoms. The summed E-state index contributed by atoms with van der Waals surface area (Å²) in [5.41, 5.74) is 5.13. The Morgan fingerprint density at radius 2 is 1.72 bits per heavy atom. The second-order valence-corrected chi connectivity index (χ2v) is 11.7. The molecule has 36 heavy (non-hydrogen) atoms. The molecular formula is C29H28N2O3S2. The first-order chi connectivity index (χ1) is 17.2. The SMILES string of the molecule is CCc1ccc(NC(=O)c2nc(-c3ccc(SC(C)(C)C(=O)O)cc3C)sc2-c2ccccc2)cc1. The van der Waals surface area contributed by atoms with Gasteiger partial charge in [-0.1, -0.05) is 55.5 Å². The number of benzene rings is 3. The number of carbonyl (C=O) groups excluding carboxylic acids is 1. The molecule has 1 aromatic heterocycles. The number of thioether (sulfide) groups is 1. The van der Waals surface area contributed by atoms with E-state index in [4.69, 9.17) is 4.98 Å². The molecule has 4 rings (SSSR count). The zero-order chi connectivity index (χ0) is 25.9. The fourth-order valence-electron chi connectivity index (χ4n) is 3.67. The van der Waals surface area contributed by atoms with E-state index in [0.717, 1.165) is 43.6 Å². The average molecular weight is 517 g/mol.